The fourth-order valence-corrected chi connectivity index (χ4v) is 8.05. The van der Waals surface area contributed by atoms with Crippen molar-refractivity contribution in [3.8, 4) is 6.07 Å². The van der Waals surface area contributed by atoms with E-state index >= 15 is 0 Å². The highest BCUT2D eigenvalue weighted by Crippen LogP contribution is 2.52. The molecule has 1 aliphatic carbocycles. The molecule has 3 aromatic rings. The van der Waals surface area contributed by atoms with Crippen LogP contribution in [0.2, 0.25) is 5.02 Å². The van der Waals surface area contributed by atoms with E-state index in [0.29, 0.717) is 11.8 Å². The summed E-state index contributed by atoms with van der Waals surface area (Å²) in [5, 5.41) is 19.5. The van der Waals surface area contributed by atoms with Crippen LogP contribution in [0.25, 0.3) is 0 Å². The standard InChI is InChI=1S/C33H40ClN5.C2H5NO2/c1-25-36-15-18-38(25)24-33(28-5-2-3-6-28,30-7-4-8-31(34)19-30)29-13-16-37(17-14-29)21-27-22-39(23-27)32-11-9-26(20-35)10-12-32;1-3-2(4)5/h4,7-12,15,18-19,27-29H,2-3,5-6,13-14,16-17,21-24H2,1H3;3H,1H3,(H,4,5). The van der Waals surface area contributed by atoms with Crippen LogP contribution < -0.4 is 10.2 Å². The third-order valence-corrected chi connectivity index (χ3v) is 10.4. The molecule has 1 aromatic heterocycles. The lowest BCUT2D eigenvalue weighted by Gasteiger charge is -2.50. The first kappa shape index (κ1) is 31.9. The van der Waals surface area contributed by atoms with Gasteiger partial charge in [0.05, 0.1) is 11.6 Å². The Bertz CT molecular complexity index is 1420. The number of hydrogen-bond acceptors (Lipinski definition) is 5. The predicted octanol–water partition coefficient (Wildman–Crippen LogP) is 6.58. The van der Waals surface area contributed by atoms with Crippen molar-refractivity contribution in [3.63, 3.8) is 0 Å². The largest absolute Gasteiger partial charge is 0.465 e. The van der Waals surface area contributed by atoms with E-state index in [-0.39, 0.29) is 5.41 Å². The van der Waals surface area contributed by atoms with Gasteiger partial charge in [-0.05, 0) is 99.5 Å². The number of piperidine rings is 1. The van der Waals surface area contributed by atoms with Crippen molar-refractivity contribution in [2.45, 2.75) is 57.4 Å². The number of benzene rings is 2. The molecular formula is C35H45ClN6O2. The Kier molecular flexibility index (Phi) is 10.5. The molecule has 3 aliphatic rings. The van der Waals surface area contributed by atoms with Gasteiger partial charge in [0.25, 0.3) is 0 Å². The van der Waals surface area contributed by atoms with Gasteiger partial charge in [0.2, 0.25) is 0 Å². The summed E-state index contributed by atoms with van der Waals surface area (Å²) >= 11 is 6.64. The molecule has 2 N–H and O–H groups in total. The Morgan fingerprint density at radius 3 is 2.32 bits per heavy atom. The van der Waals surface area contributed by atoms with E-state index in [1.54, 1.807) is 0 Å². The minimum atomic E-state index is -0.995. The van der Waals surface area contributed by atoms with Crippen molar-refractivity contribution in [2.24, 2.45) is 17.8 Å². The van der Waals surface area contributed by atoms with Gasteiger partial charge in [0, 0.05) is 67.7 Å². The Morgan fingerprint density at radius 1 is 1.09 bits per heavy atom. The highest BCUT2D eigenvalue weighted by atomic mass is 35.5. The number of aryl methyl sites for hydroxylation is 1. The van der Waals surface area contributed by atoms with Crippen molar-refractivity contribution in [1.29, 1.82) is 5.26 Å². The summed E-state index contributed by atoms with van der Waals surface area (Å²) in [5.41, 5.74) is 3.49. The monoisotopic (exact) mass is 616 g/mol. The molecule has 1 unspecified atom stereocenters. The van der Waals surface area contributed by atoms with E-state index in [1.165, 1.54) is 76.5 Å². The van der Waals surface area contributed by atoms with Gasteiger partial charge in [-0.25, -0.2) is 9.78 Å². The van der Waals surface area contributed by atoms with Crippen LogP contribution in [0.4, 0.5) is 10.5 Å². The number of imidazole rings is 1. The van der Waals surface area contributed by atoms with Crippen molar-refractivity contribution in [1.82, 2.24) is 19.8 Å². The summed E-state index contributed by atoms with van der Waals surface area (Å²) in [7, 11) is 1.35. The minimum Gasteiger partial charge on any atom is -0.465 e. The number of nitriles is 1. The van der Waals surface area contributed by atoms with E-state index in [1.807, 2.05) is 29.7 Å². The van der Waals surface area contributed by atoms with Crippen molar-refractivity contribution < 1.29 is 9.90 Å². The topological polar surface area (TPSA) is 97.4 Å². The number of hydrogen-bond donors (Lipinski definition) is 2. The van der Waals surface area contributed by atoms with Gasteiger partial charge in [-0.15, -0.1) is 0 Å². The third-order valence-electron chi connectivity index (χ3n) is 10.2. The van der Waals surface area contributed by atoms with Crippen molar-refractivity contribution >= 4 is 23.4 Å². The molecule has 0 spiro atoms. The third kappa shape index (κ3) is 7.22. The molecule has 44 heavy (non-hydrogen) atoms. The molecule has 3 fully saturated rings. The number of nitrogens with zero attached hydrogens (tertiary/aromatic N) is 5. The number of anilines is 1. The van der Waals surface area contributed by atoms with Gasteiger partial charge >= 0.3 is 6.09 Å². The molecule has 6 rings (SSSR count). The van der Waals surface area contributed by atoms with Gasteiger partial charge in [-0.2, -0.15) is 5.26 Å². The molecule has 3 heterocycles. The summed E-state index contributed by atoms with van der Waals surface area (Å²) in [5.74, 6) is 3.14. The van der Waals surface area contributed by atoms with Crippen LogP contribution in [0.5, 0.6) is 0 Å². The Labute approximate surface area is 266 Å². The zero-order chi connectivity index (χ0) is 31.1. The number of rotatable bonds is 8. The highest BCUT2D eigenvalue weighted by molar-refractivity contribution is 6.30. The van der Waals surface area contributed by atoms with E-state index in [0.717, 1.165) is 42.0 Å². The fraction of sp³-hybridized carbons (Fsp3) is 0.514. The molecular weight excluding hydrogens is 572 g/mol. The number of nitrogens with one attached hydrogen (secondary N) is 1. The summed E-state index contributed by atoms with van der Waals surface area (Å²) in [4.78, 5) is 19.0. The number of likely N-dealkylation sites (tertiary alicyclic amines) is 1. The first-order chi connectivity index (χ1) is 21.3. The summed E-state index contributed by atoms with van der Waals surface area (Å²) in [6.07, 6.45) is 10.9. The van der Waals surface area contributed by atoms with E-state index in [4.69, 9.17) is 22.0 Å². The average Bonchev–Trinajstić information content (AvgIpc) is 3.71. The molecule has 1 amide bonds. The Morgan fingerprint density at radius 2 is 1.75 bits per heavy atom. The molecule has 234 valence electrons. The zero-order valence-electron chi connectivity index (χ0n) is 26.0. The molecule has 8 nitrogen and oxygen atoms in total. The minimum absolute atomic E-state index is 0.0851. The maximum atomic E-state index is 9.26. The van der Waals surface area contributed by atoms with E-state index in [2.05, 4.69) is 68.9 Å². The van der Waals surface area contributed by atoms with Gasteiger partial charge in [-0.3, -0.25) is 0 Å². The Balaban J connectivity index is 0.000000712. The van der Waals surface area contributed by atoms with Gasteiger partial charge in [0.1, 0.15) is 5.82 Å². The number of halogens is 1. The van der Waals surface area contributed by atoms with Crippen LogP contribution in [0.15, 0.2) is 60.9 Å². The Hall–Kier alpha value is -3.54. The maximum absolute atomic E-state index is 9.26. The number of amides is 1. The van der Waals surface area contributed by atoms with Gasteiger partial charge in [0.15, 0.2) is 0 Å². The number of carboxylic acid groups (broad SMARTS) is 1. The van der Waals surface area contributed by atoms with E-state index < -0.39 is 6.09 Å². The first-order valence-corrected chi connectivity index (χ1v) is 16.3. The van der Waals surface area contributed by atoms with Crippen LogP contribution >= 0.6 is 11.6 Å². The normalized spacial score (nSPS) is 19.4. The zero-order valence-corrected chi connectivity index (χ0v) is 26.7. The maximum Gasteiger partial charge on any atom is 0.404 e. The molecule has 2 aliphatic heterocycles. The quantitative estimate of drug-likeness (QED) is 0.297. The summed E-state index contributed by atoms with van der Waals surface area (Å²) in [6, 6.07) is 19.0. The predicted molar refractivity (Wildman–Crippen MR) is 175 cm³/mol. The lowest BCUT2D eigenvalue weighted by molar-refractivity contribution is 0.0642. The molecule has 0 bridgehead atoms. The molecule has 2 aromatic carbocycles. The lowest BCUT2D eigenvalue weighted by atomic mass is 9.59. The molecule has 2 saturated heterocycles. The van der Waals surface area contributed by atoms with Crippen molar-refractivity contribution in [3.05, 3.63) is 82.9 Å². The molecule has 0 radical (unpaired) electrons. The first-order valence-electron chi connectivity index (χ1n) is 15.9. The van der Waals surface area contributed by atoms with Gasteiger partial charge < -0.3 is 24.8 Å². The van der Waals surface area contributed by atoms with Crippen LogP contribution in [0, 0.1) is 36.0 Å². The summed E-state index contributed by atoms with van der Waals surface area (Å²) in [6.45, 7) is 8.90. The average molecular weight is 617 g/mol. The van der Waals surface area contributed by atoms with E-state index in [9.17, 15) is 4.79 Å². The SMILES string of the molecule is CNC(=O)O.Cc1nccn1CC(c1cccc(Cl)c1)(C1CCCC1)C1CCN(CC2CN(c3ccc(C#N)cc3)C2)CC1. The van der Waals surface area contributed by atoms with Crippen molar-refractivity contribution in [2.75, 3.05) is 44.7 Å². The smallest absolute Gasteiger partial charge is 0.404 e. The second-order valence-corrected chi connectivity index (χ2v) is 13.1. The van der Waals surface area contributed by atoms with Crippen LogP contribution in [-0.4, -0.2) is 65.4 Å². The highest BCUT2D eigenvalue weighted by Gasteiger charge is 2.48. The van der Waals surface area contributed by atoms with Crippen LogP contribution in [0.3, 0.4) is 0 Å². The molecule has 1 saturated carbocycles. The second-order valence-electron chi connectivity index (χ2n) is 12.7. The van der Waals surface area contributed by atoms with Crippen LogP contribution in [0.1, 0.15) is 55.5 Å². The number of aromatic nitrogens is 2. The summed E-state index contributed by atoms with van der Waals surface area (Å²) < 4.78 is 2.40. The van der Waals surface area contributed by atoms with Crippen LogP contribution in [-0.2, 0) is 12.0 Å². The molecule has 1 atom stereocenters. The lowest BCUT2D eigenvalue weighted by Crippen LogP contribution is -2.54. The fourth-order valence-electron chi connectivity index (χ4n) is 7.86. The second kappa shape index (κ2) is 14.5. The number of carbonyl (C=O) groups is 1. The van der Waals surface area contributed by atoms with Gasteiger partial charge in [-0.1, -0.05) is 36.6 Å². The molecule has 9 heteroatoms.